The molecule has 0 heterocycles. The van der Waals surface area contributed by atoms with E-state index in [-0.39, 0.29) is 20.3 Å². The first-order valence-corrected chi connectivity index (χ1v) is 7.93. The molecule has 1 aliphatic rings. The number of carbonyl (C=O) groups excluding carboxylic acids is 1. The summed E-state index contributed by atoms with van der Waals surface area (Å²) >= 11 is 1.87. The number of carbonyl (C=O) groups is 1. The van der Waals surface area contributed by atoms with Gasteiger partial charge in [-0.3, -0.25) is 4.79 Å². The molecule has 1 unspecified atom stereocenters. The van der Waals surface area contributed by atoms with E-state index in [9.17, 15) is 9.90 Å². The van der Waals surface area contributed by atoms with Gasteiger partial charge >= 0.3 is 0 Å². The number of nitrogens with two attached hydrogens (primary N) is 1. The number of rotatable bonds is 2. The van der Waals surface area contributed by atoms with Gasteiger partial charge in [0.2, 0.25) is 0 Å². The molecule has 0 amide bonds. The highest BCUT2D eigenvalue weighted by molar-refractivity contribution is 14.1. The van der Waals surface area contributed by atoms with Crippen LogP contribution in [0.25, 0.3) is 5.76 Å². The highest BCUT2D eigenvalue weighted by Crippen LogP contribution is 2.26. The standard InChI is InChI=1S/C13H14IN2O2P/c14-16-10-5-2-6-11(17)12(10)13(18)8-3-1-4-9(7-8)19-15/h1,3-4,7,18-19H,2,5-6,15H2. The van der Waals surface area contributed by atoms with Crippen molar-refractivity contribution in [2.75, 3.05) is 0 Å². The van der Waals surface area contributed by atoms with E-state index in [4.69, 9.17) is 5.50 Å². The van der Waals surface area contributed by atoms with Gasteiger partial charge in [0.25, 0.3) is 0 Å². The van der Waals surface area contributed by atoms with Crippen LogP contribution in [-0.2, 0) is 4.79 Å². The van der Waals surface area contributed by atoms with Crippen molar-refractivity contribution in [1.82, 2.24) is 0 Å². The Bertz CT molecular complexity index is 570. The fourth-order valence-electron chi connectivity index (χ4n) is 2.08. The van der Waals surface area contributed by atoms with Crippen molar-refractivity contribution in [2.45, 2.75) is 19.3 Å². The summed E-state index contributed by atoms with van der Waals surface area (Å²) in [7, 11) is 0.166. The summed E-state index contributed by atoms with van der Waals surface area (Å²) in [5.74, 6) is -0.0278. The minimum absolute atomic E-state index is 0.0141. The summed E-state index contributed by atoms with van der Waals surface area (Å²) in [6.45, 7) is 0. The third-order valence-corrected chi connectivity index (χ3v) is 4.25. The first-order chi connectivity index (χ1) is 9.17. The van der Waals surface area contributed by atoms with Crippen molar-refractivity contribution >= 4 is 54.2 Å². The van der Waals surface area contributed by atoms with Gasteiger partial charge in [0.15, 0.2) is 5.78 Å². The van der Waals surface area contributed by atoms with Crippen LogP contribution < -0.4 is 10.8 Å². The third-order valence-electron chi connectivity index (χ3n) is 3.03. The monoisotopic (exact) mass is 388 g/mol. The van der Waals surface area contributed by atoms with E-state index < -0.39 is 0 Å². The highest BCUT2D eigenvalue weighted by Gasteiger charge is 2.25. The number of hydrogen-bond donors (Lipinski definition) is 2. The van der Waals surface area contributed by atoms with E-state index in [1.165, 1.54) is 0 Å². The van der Waals surface area contributed by atoms with E-state index in [1.807, 2.05) is 41.1 Å². The molecule has 0 spiro atoms. The van der Waals surface area contributed by atoms with Gasteiger partial charge in [-0.05, 0) is 32.9 Å². The number of aliphatic hydroxyl groups excluding tert-OH is 1. The Morgan fingerprint density at radius 2 is 2.21 bits per heavy atom. The summed E-state index contributed by atoms with van der Waals surface area (Å²) < 4.78 is 4.09. The van der Waals surface area contributed by atoms with Crippen LogP contribution in [0.4, 0.5) is 0 Å². The normalized spacial score (nSPS) is 21.4. The lowest BCUT2D eigenvalue weighted by Crippen LogP contribution is -2.20. The number of Topliss-reactive ketones (excluding diaryl/α,β-unsaturated/α-hetero) is 1. The molecule has 0 aromatic heterocycles. The second-order valence-electron chi connectivity index (χ2n) is 4.26. The zero-order valence-corrected chi connectivity index (χ0v) is 13.3. The number of allylic oxidation sites excluding steroid dienone is 1. The lowest BCUT2D eigenvalue weighted by atomic mass is 9.89. The molecule has 0 aliphatic heterocycles. The Hall–Kier alpha value is -0.780. The van der Waals surface area contributed by atoms with Crippen molar-refractivity contribution in [2.24, 2.45) is 8.71 Å². The maximum atomic E-state index is 12.0. The number of benzene rings is 1. The molecule has 0 saturated heterocycles. The predicted octanol–water partition coefficient (Wildman–Crippen LogP) is 2.68. The summed E-state index contributed by atoms with van der Waals surface area (Å²) in [5.41, 5.74) is 7.27. The fraction of sp³-hybridized carbons (Fsp3) is 0.231. The van der Waals surface area contributed by atoms with Gasteiger partial charge in [-0.2, -0.15) is 0 Å². The average molecular weight is 388 g/mol. The minimum atomic E-state index is -0.0419. The number of hydrogen-bond acceptors (Lipinski definition) is 4. The Morgan fingerprint density at radius 1 is 1.42 bits per heavy atom. The molecule has 1 atom stereocenters. The SMILES string of the molecule is NPc1cccc(C(O)=C2C(=O)CCCC2=NI)c1. The van der Waals surface area contributed by atoms with Crippen molar-refractivity contribution in [3.8, 4) is 0 Å². The maximum absolute atomic E-state index is 12.0. The van der Waals surface area contributed by atoms with Crippen LogP contribution in [0.3, 0.4) is 0 Å². The number of nitrogens with zero attached hydrogens (tertiary/aromatic N) is 1. The lowest BCUT2D eigenvalue weighted by molar-refractivity contribution is -0.115. The second kappa shape index (κ2) is 6.59. The van der Waals surface area contributed by atoms with E-state index in [2.05, 4.69) is 3.21 Å². The zero-order valence-electron chi connectivity index (χ0n) is 10.2. The van der Waals surface area contributed by atoms with Gasteiger partial charge in [0, 0.05) is 12.0 Å². The number of aliphatic hydroxyl groups is 1. The maximum Gasteiger partial charge on any atom is 0.168 e. The van der Waals surface area contributed by atoms with Gasteiger partial charge in [0.05, 0.1) is 34.1 Å². The highest BCUT2D eigenvalue weighted by atomic mass is 127. The van der Waals surface area contributed by atoms with Crippen molar-refractivity contribution in [3.05, 3.63) is 35.4 Å². The van der Waals surface area contributed by atoms with Gasteiger partial charge in [0.1, 0.15) is 5.76 Å². The van der Waals surface area contributed by atoms with Crippen LogP contribution >= 0.6 is 31.6 Å². The molecular weight excluding hydrogens is 374 g/mol. The van der Waals surface area contributed by atoms with Crippen molar-refractivity contribution < 1.29 is 9.90 Å². The first kappa shape index (κ1) is 14.6. The Kier molecular flexibility index (Phi) is 5.07. The smallest absolute Gasteiger partial charge is 0.168 e. The summed E-state index contributed by atoms with van der Waals surface area (Å²) in [4.78, 5) is 12.0. The van der Waals surface area contributed by atoms with Crippen LogP contribution in [-0.4, -0.2) is 16.6 Å². The van der Waals surface area contributed by atoms with Gasteiger partial charge < -0.3 is 10.6 Å². The molecule has 1 aliphatic carbocycles. The molecular formula is C13H14IN2O2P. The molecule has 4 nitrogen and oxygen atoms in total. The molecule has 1 aromatic rings. The molecule has 0 bridgehead atoms. The summed E-state index contributed by atoms with van der Waals surface area (Å²) in [6, 6.07) is 7.32. The second-order valence-corrected chi connectivity index (χ2v) is 5.61. The predicted molar refractivity (Wildman–Crippen MR) is 88.4 cm³/mol. The molecule has 6 heteroatoms. The van der Waals surface area contributed by atoms with Crippen LogP contribution in [0.2, 0.25) is 0 Å². The molecule has 1 fully saturated rings. The van der Waals surface area contributed by atoms with E-state index in [0.717, 1.165) is 18.1 Å². The van der Waals surface area contributed by atoms with Gasteiger partial charge in [-0.15, -0.1) is 0 Å². The Labute approximate surface area is 127 Å². The molecule has 2 rings (SSSR count). The molecule has 19 heavy (non-hydrogen) atoms. The Morgan fingerprint density at radius 3 is 2.89 bits per heavy atom. The molecule has 100 valence electrons. The molecule has 3 N–H and O–H groups in total. The van der Waals surface area contributed by atoms with Crippen LogP contribution in [0, 0.1) is 0 Å². The Balaban J connectivity index is 2.51. The van der Waals surface area contributed by atoms with Crippen LogP contribution in [0.5, 0.6) is 0 Å². The topological polar surface area (TPSA) is 75.7 Å². The first-order valence-electron chi connectivity index (χ1n) is 5.89. The minimum Gasteiger partial charge on any atom is -0.506 e. The quantitative estimate of drug-likeness (QED) is 0.354. The number of halogens is 1. The summed E-state index contributed by atoms with van der Waals surface area (Å²) in [5, 5.41) is 11.3. The van der Waals surface area contributed by atoms with E-state index in [0.29, 0.717) is 23.3 Å². The molecule has 1 aromatic carbocycles. The molecule has 0 radical (unpaired) electrons. The fourth-order valence-corrected chi connectivity index (χ4v) is 2.99. The van der Waals surface area contributed by atoms with Crippen LogP contribution in [0.1, 0.15) is 24.8 Å². The largest absolute Gasteiger partial charge is 0.506 e. The van der Waals surface area contributed by atoms with Crippen molar-refractivity contribution in [1.29, 1.82) is 0 Å². The average Bonchev–Trinajstić information content (AvgIpc) is 2.46. The van der Waals surface area contributed by atoms with Gasteiger partial charge in [-0.25, -0.2) is 3.21 Å². The summed E-state index contributed by atoms with van der Waals surface area (Å²) in [6.07, 6.45) is 1.99. The van der Waals surface area contributed by atoms with Gasteiger partial charge in [-0.1, -0.05) is 18.2 Å². The lowest BCUT2D eigenvalue weighted by Gasteiger charge is -2.17. The third kappa shape index (κ3) is 3.22. The van der Waals surface area contributed by atoms with E-state index in [1.54, 1.807) is 6.07 Å². The van der Waals surface area contributed by atoms with Crippen molar-refractivity contribution in [3.63, 3.8) is 0 Å². The molecule has 1 saturated carbocycles. The van der Waals surface area contributed by atoms with Crippen LogP contribution in [0.15, 0.2) is 33.0 Å². The number of ketones is 1. The van der Waals surface area contributed by atoms with E-state index >= 15 is 0 Å². The zero-order chi connectivity index (χ0) is 13.8.